The van der Waals surface area contributed by atoms with Crippen molar-refractivity contribution in [3.63, 3.8) is 0 Å². The molecule has 3 amide bonds. The number of methoxy groups -OCH3 is 1. The van der Waals surface area contributed by atoms with Gasteiger partial charge in [-0.2, -0.15) is 0 Å². The molecular weight excluding hydrogens is 336 g/mol. The molecule has 2 rings (SSSR count). The number of hydrogen-bond acceptors (Lipinski definition) is 5. The van der Waals surface area contributed by atoms with Gasteiger partial charge in [-0.05, 0) is 17.7 Å². The van der Waals surface area contributed by atoms with E-state index in [4.69, 9.17) is 9.47 Å². The molecule has 2 N–H and O–H groups in total. The highest BCUT2D eigenvalue weighted by Gasteiger charge is 2.27. The van der Waals surface area contributed by atoms with Gasteiger partial charge >= 0.3 is 12.0 Å². The first-order valence-electron chi connectivity index (χ1n) is 7.91. The number of carbonyl (C=O) groups excluding carboxylic acids is 3. The third kappa shape index (κ3) is 5.15. The van der Waals surface area contributed by atoms with Gasteiger partial charge in [-0.15, -0.1) is 0 Å². The monoisotopic (exact) mass is 356 g/mol. The van der Waals surface area contributed by atoms with Crippen molar-refractivity contribution < 1.29 is 23.9 Å². The number of urea groups is 1. The number of ether oxygens (including phenoxy) is 2. The quantitative estimate of drug-likeness (QED) is 0.774. The van der Waals surface area contributed by atoms with Crippen LogP contribution in [0, 0.1) is 0 Å². The van der Waals surface area contributed by atoms with Crippen molar-refractivity contribution in [1.29, 1.82) is 0 Å². The zero-order chi connectivity index (χ0) is 18.9. The Kier molecular flexibility index (Phi) is 6.87. The molecule has 0 aliphatic carbocycles. The summed E-state index contributed by atoms with van der Waals surface area (Å²) >= 11 is 0. The maximum absolute atomic E-state index is 12.5. The lowest BCUT2D eigenvalue weighted by molar-refractivity contribution is -0.129. The second kappa shape index (κ2) is 9.33. The SMILES string of the molecule is CNC(=O)NC(=O)[C@@H](OC(=O)c1cccc(COC)c1)c1ccccc1. The Morgan fingerprint density at radius 3 is 2.42 bits per heavy atom. The lowest BCUT2D eigenvalue weighted by Crippen LogP contribution is -2.41. The average molecular weight is 356 g/mol. The number of carbonyl (C=O) groups is 3. The molecule has 26 heavy (non-hydrogen) atoms. The molecule has 1 atom stereocenters. The van der Waals surface area contributed by atoms with Gasteiger partial charge in [0.1, 0.15) is 0 Å². The molecule has 7 nitrogen and oxygen atoms in total. The van der Waals surface area contributed by atoms with Gasteiger partial charge in [0.2, 0.25) is 6.10 Å². The number of rotatable bonds is 6. The Bertz CT molecular complexity index is 777. The summed E-state index contributed by atoms with van der Waals surface area (Å²) in [6.45, 7) is 0.348. The summed E-state index contributed by atoms with van der Waals surface area (Å²) in [5.74, 6) is -1.42. The van der Waals surface area contributed by atoms with Crippen LogP contribution < -0.4 is 10.6 Å². The highest BCUT2D eigenvalue weighted by atomic mass is 16.5. The molecule has 136 valence electrons. The Morgan fingerprint density at radius 2 is 1.77 bits per heavy atom. The first-order chi connectivity index (χ1) is 12.5. The van der Waals surface area contributed by atoms with Crippen LogP contribution in [0.4, 0.5) is 4.79 Å². The fourth-order valence-electron chi connectivity index (χ4n) is 2.27. The van der Waals surface area contributed by atoms with E-state index in [1.54, 1.807) is 55.6 Å². The minimum Gasteiger partial charge on any atom is -0.444 e. The van der Waals surface area contributed by atoms with E-state index in [0.717, 1.165) is 5.56 Å². The zero-order valence-electron chi connectivity index (χ0n) is 14.5. The molecule has 0 bridgehead atoms. The molecule has 0 radical (unpaired) electrons. The predicted molar refractivity (Wildman–Crippen MR) is 94.4 cm³/mol. The summed E-state index contributed by atoms with van der Waals surface area (Å²) in [6.07, 6.45) is -1.26. The first-order valence-corrected chi connectivity index (χ1v) is 7.91. The lowest BCUT2D eigenvalue weighted by atomic mass is 10.1. The number of imide groups is 1. The first kappa shape index (κ1) is 19.1. The largest absolute Gasteiger partial charge is 0.444 e. The minimum atomic E-state index is -1.26. The van der Waals surface area contributed by atoms with Crippen LogP contribution in [-0.2, 0) is 20.9 Å². The molecule has 0 saturated carbocycles. The fraction of sp³-hybridized carbons (Fsp3) is 0.211. The van der Waals surface area contributed by atoms with E-state index in [1.807, 2.05) is 6.07 Å². The molecule has 2 aromatic rings. The second-order valence-electron chi connectivity index (χ2n) is 5.40. The molecular formula is C19H20N2O5. The Morgan fingerprint density at radius 1 is 1.04 bits per heavy atom. The van der Waals surface area contributed by atoms with E-state index in [-0.39, 0.29) is 5.56 Å². The number of hydrogen-bond donors (Lipinski definition) is 2. The standard InChI is InChI=1S/C19H20N2O5/c1-20-19(24)21-17(22)16(14-8-4-3-5-9-14)26-18(23)15-10-6-7-13(11-15)12-25-2/h3-11,16H,12H2,1-2H3,(H2,20,21,22,24)/t16-/m0/s1. The van der Waals surface area contributed by atoms with Gasteiger partial charge in [-0.3, -0.25) is 10.1 Å². The van der Waals surface area contributed by atoms with Gasteiger partial charge in [0.05, 0.1) is 12.2 Å². The summed E-state index contributed by atoms with van der Waals surface area (Å²) in [7, 11) is 2.94. The van der Waals surface area contributed by atoms with Gasteiger partial charge in [0, 0.05) is 19.7 Å². The molecule has 0 aliphatic heterocycles. The highest BCUT2D eigenvalue weighted by Crippen LogP contribution is 2.20. The molecule has 0 fully saturated rings. The van der Waals surface area contributed by atoms with Crippen molar-refractivity contribution in [3.8, 4) is 0 Å². The van der Waals surface area contributed by atoms with Crippen LogP contribution in [0.15, 0.2) is 54.6 Å². The number of benzene rings is 2. The smallest absolute Gasteiger partial charge is 0.339 e. The summed E-state index contributed by atoms with van der Waals surface area (Å²) in [4.78, 5) is 36.3. The topological polar surface area (TPSA) is 93.7 Å². The second-order valence-corrected chi connectivity index (χ2v) is 5.40. The van der Waals surface area contributed by atoms with E-state index in [0.29, 0.717) is 12.2 Å². The van der Waals surface area contributed by atoms with E-state index >= 15 is 0 Å². The maximum Gasteiger partial charge on any atom is 0.339 e. The summed E-state index contributed by atoms with van der Waals surface area (Å²) in [5.41, 5.74) is 1.54. The molecule has 0 heterocycles. The van der Waals surface area contributed by atoms with Crippen LogP contribution >= 0.6 is 0 Å². The van der Waals surface area contributed by atoms with Crippen molar-refractivity contribution in [2.45, 2.75) is 12.7 Å². The van der Waals surface area contributed by atoms with Gasteiger partial charge in [-0.1, -0.05) is 42.5 Å². The fourth-order valence-corrected chi connectivity index (χ4v) is 2.27. The van der Waals surface area contributed by atoms with E-state index in [2.05, 4.69) is 10.6 Å². The number of nitrogens with one attached hydrogen (secondary N) is 2. The van der Waals surface area contributed by atoms with E-state index in [1.165, 1.54) is 7.05 Å². The van der Waals surface area contributed by atoms with E-state index < -0.39 is 24.0 Å². The lowest BCUT2D eigenvalue weighted by Gasteiger charge is -2.17. The van der Waals surface area contributed by atoms with Crippen molar-refractivity contribution >= 4 is 17.9 Å². The third-order valence-corrected chi connectivity index (χ3v) is 3.50. The van der Waals surface area contributed by atoms with Crippen molar-refractivity contribution in [3.05, 3.63) is 71.3 Å². The normalized spacial score (nSPS) is 11.3. The molecule has 2 aromatic carbocycles. The van der Waals surface area contributed by atoms with Crippen molar-refractivity contribution in [2.75, 3.05) is 14.2 Å². The van der Waals surface area contributed by atoms with Gasteiger partial charge in [-0.25, -0.2) is 9.59 Å². The van der Waals surface area contributed by atoms with Gasteiger partial charge < -0.3 is 14.8 Å². The highest BCUT2D eigenvalue weighted by molar-refractivity contribution is 5.99. The van der Waals surface area contributed by atoms with Gasteiger partial charge in [0.15, 0.2) is 0 Å². The maximum atomic E-state index is 12.5. The van der Waals surface area contributed by atoms with Crippen molar-refractivity contribution in [1.82, 2.24) is 10.6 Å². The Balaban J connectivity index is 2.23. The van der Waals surface area contributed by atoms with Crippen LogP contribution in [0.3, 0.4) is 0 Å². The van der Waals surface area contributed by atoms with Crippen LogP contribution in [-0.4, -0.2) is 32.1 Å². The molecule has 0 unspecified atom stereocenters. The average Bonchev–Trinajstić information content (AvgIpc) is 2.66. The van der Waals surface area contributed by atoms with E-state index in [9.17, 15) is 14.4 Å². The number of amides is 3. The Hall–Kier alpha value is -3.19. The van der Waals surface area contributed by atoms with Crippen molar-refractivity contribution in [2.24, 2.45) is 0 Å². The summed E-state index contributed by atoms with van der Waals surface area (Å²) in [6, 6.07) is 14.5. The van der Waals surface area contributed by atoms with Crippen LogP contribution in [0.1, 0.15) is 27.6 Å². The van der Waals surface area contributed by atoms with Crippen LogP contribution in [0.5, 0.6) is 0 Å². The van der Waals surface area contributed by atoms with Gasteiger partial charge in [0.25, 0.3) is 5.91 Å². The summed E-state index contributed by atoms with van der Waals surface area (Å²) < 4.78 is 10.4. The molecule has 0 saturated heterocycles. The molecule has 0 aliphatic rings. The minimum absolute atomic E-state index is 0.285. The van der Waals surface area contributed by atoms with Crippen LogP contribution in [0.25, 0.3) is 0 Å². The van der Waals surface area contributed by atoms with Crippen LogP contribution in [0.2, 0.25) is 0 Å². The molecule has 0 aromatic heterocycles. The molecule has 7 heteroatoms. The third-order valence-electron chi connectivity index (χ3n) is 3.50. The Labute approximate surface area is 151 Å². The molecule has 0 spiro atoms. The predicted octanol–water partition coefficient (Wildman–Crippen LogP) is 2.19. The zero-order valence-corrected chi connectivity index (χ0v) is 14.5. The number of esters is 1. The summed E-state index contributed by atoms with van der Waals surface area (Å²) in [5, 5.41) is 4.41.